The molecule has 7 rings (SSSR count). The van der Waals surface area contributed by atoms with Crippen molar-refractivity contribution in [3.05, 3.63) is 126 Å². The highest BCUT2D eigenvalue weighted by atomic mass is 15.3. The molecular formula is C46H58N8. The Morgan fingerprint density at radius 1 is 1.00 bits per heavy atom. The van der Waals surface area contributed by atoms with Crippen molar-refractivity contribution in [3.63, 3.8) is 0 Å². The summed E-state index contributed by atoms with van der Waals surface area (Å²) in [6.07, 6.45) is 15.0. The molecule has 0 spiro atoms. The molecular weight excluding hydrogens is 665 g/mol. The molecule has 0 saturated carbocycles. The van der Waals surface area contributed by atoms with Gasteiger partial charge in [0.1, 0.15) is 0 Å². The largest absolute Gasteiger partial charge is 0.391 e. The van der Waals surface area contributed by atoms with Crippen LogP contribution in [0, 0.1) is 6.92 Å². The second-order valence-corrected chi connectivity index (χ2v) is 15.4. The molecule has 1 unspecified atom stereocenters. The number of fused-ring (bicyclic) bond motifs is 7. The van der Waals surface area contributed by atoms with E-state index < -0.39 is 0 Å². The molecule has 2 aliphatic rings. The first-order valence-corrected chi connectivity index (χ1v) is 20.1. The van der Waals surface area contributed by atoms with Gasteiger partial charge in [-0.15, -0.1) is 6.58 Å². The number of likely N-dealkylation sites (tertiary alicyclic amines) is 1. The topological polar surface area (TPSA) is 75.8 Å². The fourth-order valence-electron chi connectivity index (χ4n) is 8.49. The van der Waals surface area contributed by atoms with Crippen molar-refractivity contribution < 1.29 is 0 Å². The second-order valence-electron chi connectivity index (χ2n) is 15.4. The molecule has 5 heterocycles. The van der Waals surface area contributed by atoms with Crippen LogP contribution in [0.5, 0.6) is 0 Å². The monoisotopic (exact) mass is 722 g/mol. The third-order valence-corrected chi connectivity index (χ3v) is 11.8. The van der Waals surface area contributed by atoms with E-state index in [-0.39, 0.29) is 0 Å². The lowest BCUT2D eigenvalue weighted by molar-refractivity contribution is 0.214. The van der Waals surface area contributed by atoms with Crippen molar-refractivity contribution in [1.82, 2.24) is 34.5 Å². The fourth-order valence-corrected chi connectivity index (χ4v) is 8.49. The highest BCUT2D eigenvalue weighted by molar-refractivity contribution is 5.83. The maximum absolute atomic E-state index is 5.13. The van der Waals surface area contributed by atoms with Gasteiger partial charge in [0.15, 0.2) is 0 Å². The first-order valence-electron chi connectivity index (χ1n) is 20.1. The number of hydrogen-bond acceptors (Lipinski definition) is 6. The van der Waals surface area contributed by atoms with Gasteiger partial charge in [0.2, 0.25) is 5.95 Å². The molecule has 54 heavy (non-hydrogen) atoms. The Morgan fingerprint density at radius 3 is 2.57 bits per heavy atom. The van der Waals surface area contributed by atoms with E-state index in [1.54, 1.807) is 0 Å². The van der Waals surface area contributed by atoms with Crippen molar-refractivity contribution in [2.24, 2.45) is 7.05 Å². The fraction of sp³-hybridized carbons (Fsp3) is 0.413. The van der Waals surface area contributed by atoms with Crippen molar-refractivity contribution in [3.8, 4) is 11.3 Å². The van der Waals surface area contributed by atoms with E-state index in [0.29, 0.717) is 11.8 Å². The lowest BCUT2D eigenvalue weighted by Gasteiger charge is -2.32. The molecule has 2 N–H and O–H groups in total. The van der Waals surface area contributed by atoms with Crippen LogP contribution in [0.15, 0.2) is 92.3 Å². The first kappa shape index (κ1) is 37.4. The summed E-state index contributed by atoms with van der Waals surface area (Å²) in [4.78, 5) is 12.7. The third-order valence-electron chi connectivity index (χ3n) is 11.8. The molecule has 8 heteroatoms. The Morgan fingerprint density at radius 2 is 1.80 bits per heavy atom. The summed E-state index contributed by atoms with van der Waals surface area (Å²) in [7, 11) is 4.00. The second kappa shape index (κ2) is 17.0. The lowest BCUT2D eigenvalue weighted by Crippen LogP contribution is -2.34. The molecule has 1 fully saturated rings. The number of allylic oxidation sites excluding steroid dienone is 2. The van der Waals surface area contributed by atoms with Crippen LogP contribution in [0.4, 0.5) is 5.95 Å². The number of benzene rings is 2. The molecule has 5 aromatic rings. The third kappa shape index (κ3) is 8.39. The Hall–Kier alpha value is -4.95. The van der Waals surface area contributed by atoms with E-state index in [0.717, 1.165) is 110 Å². The van der Waals surface area contributed by atoms with E-state index in [1.807, 2.05) is 31.1 Å². The zero-order chi connectivity index (χ0) is 37.6. The van der Waals surface area contributed by atoms with Gasteiger partial charge < -0.3 is 20.1 Å². The predicted octanol–water partition coefficient (Wildman–Crippen LogP) is 9.54. The minimum atomic E-state index is 0.312. The van der Waals surface area contributed by atoms with E-state index in [2.05, 4.69) is 106 Å². The Kier molecular flexibility index (Phi) is 11.8. The number of aromatic nitrogens is 5. The van der Waals surface area contributed by atoms with E-state index in [9.17, 15) is 0 Å². The summed E-state index contributed by atoms with van der Waals surface area (Å²) in [6, 6.07) is 20.4. The minimum Gasteiger partial charge on any atom is -0.391 e. The molecule has 2 aromatic carbocycles. The Labute approximate surface area is 322 Å². The number of imidazole rings is 1. The number of likely N-dealkylation sites (N-methyl/N-ethyl adjacent to an activating group) is 1. The van der Waals surface area contributed by atoms with Gasteiger partial charge >= 0.3 is 0 Å². The molecule has 1 atom stereocenters. The smallest absolute Gasteiger partial charge is 0.208 e. The zero-order valence-corrected chi connectivity index (χ0v) is 32.7. The SMILES string of the molecule is C=CCCC(C(=C)NC)c1ccc(CCN2CCC(c3ccc4nc5n(c4c3)CCCCCCc3c(cnn3C)-c3cc(cc(C)n3)C(=C)N5)CC2)cc1. The van der Waals surface area contributed by atoms with Crippen molar-refractivity contribution in [2.75, 3.05) is 32.0 Å². The molecule has 8 nitrogen and oxygen atoms in total. The van der Waals surface area contributed by atoms with Gasteiger partial charge in [-0.05, 0) is 118 Å². The molecule has 3 aromatic heterocycles. The van der Waals surface area contributed by atoms with Crippen LogP contribution in [0.1, 0.15) is 96.8 Å². The maximum atomic E-state index is 5.13. The van der Waals surface area contributed by atoms with Gasteiger partial charge in [0.05, 0.1) is 22.9 Å². The van der Waals surface area contributed by atoms with E-state index in [1.165, 1.54) is 53.6 Å². The Balaban J connectivity index is 1.02. The van der Waals surface area contributed by atoms with Crippen LogP contribution < -0.4 is 10.6 Å². The van der Waals surface area contributed by atoms with Crippen LogP contribution >= 0.6 is 0 Å². The highest BCUT2D eigenvalue weighted by Gasteiger charge is 2.23. The average molecular weight is 723 g/mol. The normalized spacial score (nSPS) is 16.5. The maximum Gasteiger partial charge on any atom is 0.208 e. The number of nitrogens with zero attached hydrogens (tertiary/aromatic N) is 6. The number of hydrogen-bond donors (Lipinski definition) is 2. The Bertz CT molecular complexity index is 2090. The number of rotatable bonds is 10. The van der Waals surface area contributed by atoms with Crippen LogP contribution in [0.25, 0.3) is 28.0 Å². The van der Waals surface area contributed by atoms with Crippen molar-refractivity contribution in [1.29, 1.82) is 0 Å². The summed E-state index contributed by atoms with van der Waals surface area (Å²) in [6.45, 7) is 19.0. The van der Waals surface area contributed by atoms with Crippen LogP contribution in [-0.4, -0.2) is 55.9 Å². The summed E-state index contributed by atoms with van der Waals surface area (Å²) >= 11 is 0. The summed E-state index contributed by atoms with van der Waals surface area (Å²) < 4.78 is 4.41. The number of nitrogens with one attached hydrogen (secondary N) is 2. The van der Waals surface area contributed by atoms with E-state index in [4.69, 9.17) is 9.97 Å². The molecule has 1 saturated heterocycles. The van der Waals surface area contributed by atoms with Gasteiger partial charge in [0, 0.05) is 67.0 Å². The van der Waals surface area contributed by atoms with Crippen LogP contribution in [0.2, 0.25) is 0 Å². The summed E-state index contributed by atoms with van der Waals surface area (Å²) in [5, 5.41) is 11.5. The van der Waals surface area contributed by atoms with Crippen molar-refractivity contribution in [2.45, 2.75) is 89.5 Å². The molecule has 0 aliphatic carbocycles. The highest BCUT2D eigenvalue weighted by Crippen LogP contribution is 2.34. The van der Waals surface area contributed by atoms with Gasteiger partial charge in [0.25, 0.3) is 0 Å². The standard InChI is InChI=1S/C46H58N8/c1-7-8-13-40(34(4)47-5)37-17-15-35(16-18-37)21-25-53-26-22-36(23-27-53)38-19-20-42-45(30-38)54-24-12-10-9-11-14-44-41(31-48-52(44)6)43-29-39(28-32(2)49-43)33(3)50-46(54)51-42/h7,15-20,28-31,36,40,47H,1,3-4,8-14,21-27H2,2,5-6H3,(H,50,51). The van der Waals surface area contributed by atoms with Gasteiger partial charge in [-0.25, -0.2) is 4.98 Å². The van der Waals surface area contributed by atoms with Gasteiger partial charge in [-0.3, -0.25) is 9.67 Å². The minimum absolute atomic E-state index is 0.312. The summed E-state index contributed by atoms with van der Waals surface area (Å²) in [5.41, 5.74) is 13.6. The number of anilines is 1. The molecule has 2 aliphatic heterocycles. The number of pyridine rings is 1. The van der Waals surface area contributed by atoms with Gasteiger partial charge in [-0.1, -0.05) is 62.4 Å². The van der Waals surface area contributed by atoms with Crippen LogP contribution in [-0.2, 0) is 26.4 Å². The van der Waals surface area contributed by atoms with Crippen molar-refractivity contribution >= 4 is 22.7 Å². The zero-order valence-electron chi connectivity index (χ0n) is 32.7. The van der Waals surface area contributed by atoms with Gasteiger partial charge in [-0.2, -0.15) is 5.10 Å². The van der Waals surface area contributed by atoms with E-state index >= 15 is 0 Å². The number of aryl methyl sites for hydroxylation is 3. The number of piperidine rings is 1. The summed E-state index contributed by atoms with van der Waals surface area (Å²) in [5.74, 6) is 1.73. The van der Waals surface area contributed by atoms with Crippen LogP contribution in [0.3, 0.4) is 0 Å². The molecule has 282 valence electrons. The molecule has 0 amide bonds. The predicted molar refractivity (Wildman–Crippen MR) is 225 cm³/mol. The lowest BCUT2D eigenvalue weighted by atomic mass is 9.89. The molecule has 0 radical (unpaired) electrons. The first-order chi connectivity index (χ1) is 26.3. The average Bonchev–Trinajstić information content (AvgIpc) is 3.73. The quantitative estimate of drug-likeness (QED) is 0.140. The molecule has 2 bridgehead atoms.